The first-order chi connectivity index (χ1) is 8.09. The maximum absolute atomic E-state index is 5.91. The van der Waals surface area contributed by atoms with E-state index in [2.05, 4.69) is 0 Å². The summed E-state index contributed by atoms with van der Waals surface area (Å²) in [6, 6.07) is 10.9. The Balaban J connectivity index is 2.45. The van der Waals surface area contributed by atoms with Crippen LogP contribution >= 0.6 is 0 Å². The summed E-state index contributed by atoms with van der Waals surface area (Å²) in [6.45, 7) is 0. The first kappa shape index (κ1) is 11.1. The summed E-state index contributed by atoms with van der Waals surface area (Å²) in [5.41, 5.74) is 28.0. The number of nitrogens with two attached hydrogens (primary N) is 4. The molecule has 0 radical (unpaired) electrons. The fourth-order valence-electron chi connectivity index (χ4n) is 1.83. The molecular weight excluding hydrogens is 212 g/mol. The van der Waals surface area contributed by atoms with Crippen LogP contribution in [0.25, 0.3) is 0 Å². The average Bonchev–Trinajstić information content (AvgIpc) is 2.27. The van der Waals surface area contributed by atoms with Gasteiger partial charge in [-0.15, -0.1) is 0 Å². The Bertz CT molecular complexity index is 459. The Morgan fingerprint density at radius 1 is 0.588 bits per heavy atom. The van der Waals surface area contributed by atoms with Gasteiger partial charge in [-0.05, 0) is 24.3 Å². The Morgan fingerprint density at radius 2 is 0.882 bits per heavy atom. The van der Waals surface area contributed by atoms with E-state index in [9.17, 15) is 0 Å². The largest absolute Gasteiger partial charge is 0.398 e. The molecule has 0 aliphatic carbocycles. The van der Waals surface area contributed by atoms with Gasteiger partial charge in [0.15, 0.2) is 0 Å². The van der Waals surface area contributed by atoms with Crippen molar-refractivity contribution >= 4 is 22.7 Å². The van der Waals surface area contributed by atoms with E-state index in [-0.39, 0.29) is 0 Å². The second-order valence-electron chi connectivity index (χ2n) is 4.01. The highest BCUT2D eigenvalue weighted by molar-refractivity contribution is 5.68. The molecule has 0 aliphatic heterocycles. The second-order valence-corrected chi connectivity index (χ2v) is 4.01. The highest BCUT2D eigenvalue weighted by atomic mass is 14.6. The molecule has 17 heavy (non-hydrogen) atoms. The van der Waals surface area contributed by atoms with Crippen LogP contribution in [0.3, 0.4) is 0 Å². The van der Waals surface area contributed by atoms with E-state index >= 15 is 0 Å². The predicted octanol–water partition coefficient (Wildman–Crippen LogP) is 1.61. The minimum atomic E-state index is 0.553. The zero-order valence-electron chi connectivity index (χ0n) is 9.48. The monoisotopic (exact) mass is 228 g/mol. The van der Waals surface area contributed by atoms with Crippen molar-refractivity contribution in [2.45, 2.75) is 6.42 Å². The second kappa shape index (κ2) is 4.25. The minimum Gasteiger partial charge on any atom is -0.398 e. The van der Waals surface area contributed by atoms with Gasteiger partial charge in [-0.2, -0.15) is 0 Å². The van der Waals surface area contributed by atoms with E-state index < -0.39 is 0 Å². The molecule has 2 aromatic rings. The van der Waals surface area contributed by atoms with Gasteiger partial charge in [-0.1, -0.05) is 12.1 Å². The Morgan fingerprint density at radius 3 is 1.18 bits per heavy atom. The van der Waals surface area contributed by atoms with Gasteiger partial charge >= 0.3 is 0 Å². The molecular formula is C13H16N4. The number of hydrogen-bond acceptors (Lipinski definition) is 4. The van der Waals surface area contributed by atoms with E-state index in [1.165, 1.54) is 0 Å². The molecule has 88 valence electrons. The molecule has 2 aromatic carbocycles. The van der Waals surface area contributed by atoms with Crippen LogP contribution in [0.1, 0.15) is 11.1 Å². The van der Waals surface area contributed by atoms with E-state index in [0.29, 0.717) is 29.2 Å². The summed E-state index contributed by atoms with van der Waals surface area (Å²) in [4.78, 5) is 0. The maximum Gasteiger partial charge on any atom is 0.0370 e. The van der Waals surface area contributed by atoms with Crippen LogP contribution in [-0.2, 0) is 6.42 Å². The summed E-state index contributed by atoms with van der Waals surface area (Å²) < 4.78 is 0. The summed E-state index contributed by atoms with van der Waals surface area (Å²) in [6.07, 6.45) is 0.553. The highest BCUT2D eigenvalue weighted by Crippen LogP contribution is 2.28. The number of rotatable bonds is 2. The van der Waals surface area contributed by atoms with Crippen molar-refractivity contribution < 1.29 is 0 Å². The summed E-state index contributed by atoms with van der Waals surface area (Å²) in [7, 11) is 0. The van der Waals surface area contributed by atoms with Gasteiger partial charge in [0.05, 0.1) is 0 Å². The van der Waals surface area contributed by atoms with Crippen molar-refractivity contribution in [3.8, 4) is 0 Å². The SMILES string of the molecule is Nc1cccc(N)c1Cc1c(N)cccc1N. The fourth-order valence-corrected chi connectivity index (χ4v) is 1.83. The van der Waals surface area contributed by atoms with Crippen LogP contribution in [0, 0.1) is 0 Å². The third-order valence-corrected chi connectivity index (χ3v) is 2.85. The molecule has 0 amide bonds. The van der Waals surface area contributed by atoms with E-state index in [1.54, 1.807) is 0 Å². The zero-order valence-corrected chi connectivity index (χ0v) is 9.48. The van der Waals surface area contributed by atoms with Gasteiger partial charge in [-0.3, -0.25) is 0 Å². The molecule has 0 saturated carbocycles. The van der Waals surface area contributed by atoms with Gasteiger partial charge in [0.2, 0.25) is 0 Å². The van der Waals surface area contributed by atoms with Crippen molar-refractivity contribution in [2.75, 3.05) is 22.9 Å². The van der Waals surface area contributed by atoms with Crippen LogP contribution in [-0.4, -0.2) is 0 Å². The quantitative estimate of drug-likeness (QED) is 0.586. The standard InChI is InChI=1S/C13H16N4/c14-10-3-1-4-11(15)8(10)7-9-12(16)5-2-6-13(9)17/h1-6H,7,14-17H2. The summed E-state index contributed by atoms with van der Waals surface area (Å²) >= 11 is 0. The van der Waals surface area contributed by atoms with Crippen molar-refractivity contribution in [1.82, 2.24) is 0 Å². The normalized spacial score (nSPS) is 10.4. The average molecular weight is 228 g/mol. The van der Waals surface area contributed by atoms with E-state index in [4.69, 9.17) is 22.9 Å². The van der Waals surface area contributed by atoms with Gasteiger partial charge in [0.1, 0.15) is 0 Å². The third-order valence-electron chi connectivity index (χ3n) is 2.85. The third kappa shape index (κ3) is 2.10. The van der Waals surface area contributed by atoms with Crippen LogP contribution in [0.15, 0.2) is 36.4 Å². The zero-order chi connectivity index (χ0) is 12.4. The molecule has 4 heteroatoms. The number of anilines is 4. The molecule has 0 aliphatic rings. The molecule has 0 unspecified atom stereocenters. The molecule has 2 rings (SSSR count). The molecule has 0 saturated heterocycles. The van der Waals surface area contributed by atoms with Crippen LogP contribution in [0.5, 0.6) is 0 Å². The van der Waals surface area contributed by atoms with Crippen LogP contribution in [0.2, 0.25) is 0 Å². The van der Waals surface area contributed by atoms with Crippen molar-refractivity contribution in [2.24, 2.45) is 0 Å². The smallest absolute Gasteiger partial charge is 0.0370 e. The lowest BCUT2D eigenvalue weighted by molar-refractivity contribution is 1.21. The van der Waals surface area contributed by atoms with Crippen LogP contribution < -0.4 is 22.9 Å². The molecule has 0 atom stereocenters. The van der Waals surface area contributed by atoms with Gasteiger partial charge in [-0.25, -0.2) is 0 Å². The van der Waals surface area contributed by atoms with Gasteiger partial charge < -0.3 is 22.9 Å². The van der Waals surface area contributed by atoms with Crippen molar-refractivity contribution in [1.29, 1.82) is 0 Å². The summed E-state index contributed by atoms with van der Waals surface area (Å²) in [5, 5.41) is 0. The van der Waals surface area contributed by atoms with Gasteiger partial charge in [0, 0.05) is 40.3 Å². The lowest BCUT2D eigenvalue weighted by Crippen LogP contribution is -2.05. The highest BCUT2D eigenvalue weighted by Gasteiger charge is 2.09. The molecule has 0 heterocycles. The summed E-state index contributed by atoms with van der Waals surface area (Å²) in [5.74, 6) is 0. The fraction of sp³-hybridized carbons (Fsp3) is 0.0769. The lowest BCUT2D eigenvalue weighted by Gasteiger charge is -2.12. The molecule has 8 N–H and O–H groups in total. The predicted molar refractivity (Wildman–Crippen MR) is 73.3 cm³/mol. The van der Waals surface area contributed by atoms with Crippen molar-refractivity contribution in [3.63, 3.8) is 0 Å². The lowest BCUT2D eigenvalue weighted by atomic mass is 9.99. The van der Waals surface area contributed by atoms with E-state index in [0.717, 1.165) is 11.1 Å². The number of benzene rings is 2. The number of hydrogen-bond donors (Lipinski definition) is 4. The van der Waals surface area contributed by atoms with E-state index in [1.807, 2.05) is 36.4 Å². The Hall–Kier alpha value is -2.36. The molecule has 0 fully saturated rings. The topological polar surface area (TPSA) is 104 Å². The maximum atomic E-state index is 5.91. The number of nitrogen functional groups attached to an aromatic ring is 4. The Kier molecular flexibility index (Phi) is 2.78. The Labute approximate surface area is 100 Å². The molecule has 0 aromatic heterocycles. The minimum absolute atomic E-state index is 0.553. The molecule has 4 nitrogen and oxygen atoms in total. The first-order valence-corrected chi connectivity index (χ1v) is 5.35. The molecule has 0 bridgehead atoms. The molecule has 0 spiro atoms. The van der Waals surface area contributed by atoms with Crippen molar-refractivity contribution in [3.05, 3.63) is 47.5 Å². The first-order valence-electron chi connectivity index (χ1n) is 5.35. The van der Waals surface area contributed by atoms with Gasteiger partial charge in [0.25, 0.3) is 0 Å². The van der Waals surface area contributed by atoms with Crippen LogP contribution in [0.4, 0.5) is 22.7 Å².